The standard InChI is InChI=1S/C36H41N5O7S/c1-25-22-30(48-5)20-21-33(25)41(3)35(43)32(24-27-14-10-7-11-15-27)38-49(45,46)39-36(44)37-31(23-26-12-8-6-9-13-26)34(42)40(2)28-16-18-29(47-4)19-17-28/h6-22,31-32,38H,23-24H2,1-5H3,(H2,37,39,44)/t31-,32-/m0/s1. The number of aryl methyl sites for hydroxylation is 1. The Bertz CT molecular complexity index is 1840. The van der Waals surface area contributed by atoms with Crippen LogP contribution in [0.4, 0.5) is 16.2 Å². The van der Waals surface area contributed by atoms with Crippen molar-refractivity contribution in [2.24, 2.45) is 0 Å². The van der Waals surface area contributed by atoms with Gasteiger partial charge >= 0.3 is 16.2 Å². The van der Waals surface area contributed by atoms with E-state index in [0.29, 0.717) is 28.4 Å². The van der Waals surface area contributed by atoms with Crippen LogP contribution in [0.2, 0.25) is 0 Å². The number of likely N-dealkylation sites (N-methyl/N-ethyl adjacent to an activating group) is 2. The highest BCUT2D eigenvalue weighted by Crippen LogP contribution is 2.25. The minimum atomic E-state index is -4.62. The van der Waals surface area contributed by atoms with Gasteiger partial charge in [-0.25, -0.2) is 9.52 Å². The summed E-state index contributed by atoms with van der Waals surface area (Å²) in [5.74, 6) is 0.178. The van der Waals surface area contributed by atoms with Crippen LogP contribution >= 0.6 is 0 Å². The van der Waals surface area contributed by atoms with Gasteiger partial charge in [0.05, 0.1) is 14.2 Å². The van der Waals surface area contributed by atoms with Gasteiger partial charge in [-0.05, 0) is 72.5 Å². The van der Waals surface area contributed by atoms with Crippen LogP contribution in [-0.4, -0.2) is 66.7 Å². The summed E-state index contributed by atoms with van der Waals surface area (Å²) < 4.78 is 41.6. The van der Waals surface area contributed by atoms with E-state index in [1.54, 1.807) is 105 Å². The average molecular weight is 688 g/mol. The molecule has 0 aromatic heterocycles. The molecule has 0 aliphatic rings. The summed E-state index contributed by atoms with van der Waals surface area (Å²) in [6.45, 7) is 1.81. The number of methoxy groups -OCH3 is 2. The molecule has 3 N–H and O–H groups in total. The molecule has 0 unspecified atom stereocenters. The molecule has 258 valence electrons. The Hall–Kier alpha value is -5.40. The largest absolute Gasteiger partial charge is 0.497 e. The SMILES string of the molecule is COc1ccc(N(C)C(=O)[C@H](Cc2ccccc2)NC(=O)NS(=O)(=O)N[C@@H](Cc2ccccc2)C(=O)N(C)c2ccc(OC)cc2C)cc1. The van der Waals surface area contributed by atoms with E-state index in [4.69, 9.17) is 9.47 Å². The first kappa shape index (κ1) is 36.4. The van der Waals surface area contributed by atoms with E-state index in [-0.39, 0.29) is 12.8 Å². The van der Waals surface area contributed by atoms with Gasteiger partial charge in [-0.2, -0.15) is 13.1 Å². The molecule has 0 spiro atoms. The fourth-order valence-electron chi connectivity index (χ4n) is 5.26. The van der Waals surface area contributed by atoms with Crippen molar-refractivity contribution in [2.45, 2.75) is 31.8 Å². The molecule has 0 fully saturated rings. The molecule has 4 aromatic rings. The summed E-state index contributed by atoms with van der Waals surface area (Å²) in [5.41, 5.74) is 3.28. The molecule has 0 aliphatic carbocycles. The number of rotatable bonds is 14. The van der Waals surface area contributed by atoms with Crippen molar-refractivity contribution in [1.82, 2.24) is 14.8 Å². The third-order valence-electron chi connectivity index (χ3n) is 7.88. The zero-order chi connectivity index (χ0) is 35.6. The number of nitrogens with one attached hydrogen (secondary N) is 3. The van der Waals surface area contributed by atoms with Gasteiger partial charge < -0.3 is 24.6 Å². The smallest absolute Gasteiger partial charge is 0.330 e. The first-order valence-electron chi connectivity index (χ1n) is 15.4. The van der Waals surface area contributed by atoms with Gasteiger partial charge in [0, 0.05) is 31.9 Å². The maximum Gasteiger partial charge on any atom is 0.330 e. The normalized spacial score (nSPS) is 12.3. The van der Waals surface area contributed by atoms with Crippen LogP contribution < -0.4 is 34.0 Å². The monoisotopic (exact) mass is 687 g/mol. The summed E-state index contributed by atoms with van der Waals surface area (Å²) in [4.78, 5) is 43.5. The van der Waals surface area contributed by atoms with Gasteiger partial charge in [-0.15, -0.1) is 0 Å². The molecule has 49 heavy (non-hydrogen) atoms. The molecule has 0 heterocycles. The average Bonchev–Trinajstić information content (AvgIpc) is 3.10. The number of amides is 4. The summed E-state index contributed by atoms with van der Waals surface area (Å²) >= 11 is 0. The maximum absolute atomic E-state index is 13.8. The van der Waals surface area contributed by atoms with Crippen LogP contribution in [0.3, 0.4) is 0 Å². The fraction of sp³-hybridized carbons (Fsp3) is 0.250. The van der Waals surface area contributed by atoms with Crippen LogP contribution in [-0.2, 0) is 32.6 Å². The predicted molar refractivity (Wildman–Crippen MR) is 189 cm³/mol. The Balaban J connectivity index is 1.54. The van der Waals surface area contributed by atoms with E-state index in [0.717, 1.165) is 11.1 Å². The molecule has 12 nitrogen and oxygen atoms in total. The third-order valence-corrected chi connectivity index (χ3v) is 8.93. The van der Waals surface area contributed by atoms with Gasteiger partial charge in [0.2, 0.25) is 11.8 Å². The minimum Gasteiger partial charge on any atom is -0.497 e. The van der Waals surface area contributed by atoms with Gasteiger partial charge in [0.1, 0.15) is 23.6 Å². The van der Waals surface area contributed by atoms with Crippen LogP contribution in [0.15, 0.2) is 103 Å². The summed E-state index contributed by atoms with van der Waals surface area (Å²) in [6.07, 6.45) is 0.0890. The lowest BCUT2D eigenvalue weighted by molar-refractivity contribution is -0.120. The minimum absolute atomic E-state index is 0.00349. The Labute approximate surface area is 287 Å². The number of carbonyl (C=O) groups excluding carboxylic acids is 3. The van der Waals surface area contributed by atoms with Gasteiger partial charge in [-0.3, -0.25) is 9.59 Å². The number of anilines is 2. The highest BCUT2D eigenvalue weighted by molar-refractivity contribution is 7.88. The molecular formula is C36H41N5O7S. The van der Waals surface area contributed by atoms with Gasteiger partial charge in [-0.1, -0.05) is 60.7 Å². The number of hydrogen-bond acceptors (Lipinski definition) is 7. The number of ether oxygens (including phenoxy) is 2. The number of benzene rings is 4. The van der Waals surface area contributed by atoms with Crippen LogP contribution in [0.25, 0.3) is 0 Å². The van der Waals surface area contributed by atoms with Crippen LogP contribution in [0.5, 0.6) is 11.5 Å². The van der Waals surface area contributed by atoms with Gasteiger partial charge in [0.15, 0.2) is 0 Å². The number of hydrogen-bond donors (Lipinski definition) is 3. The van der Waals surface area contributed by atoms with E-state index in [1.807, 2.05) is 23.8 Å². The lowest BCUT2D eigenvalue weighted by atomic mass is 10.0. The fourth-order valence-corrected chi connectivity index (χ4v) is 6.18. The summed E-state index contributed by atoms with van der Waals surface area (Å²) in [7, 11) is 1.55. The lowest BCUT2D eigenvalue weighted by Crippen LogP contribution is -2.57. The molecule has 0 bridgehead atoms. The second kappa shape index (κ2) is 16.6. The van der Waals surface area contributed by atoms with Crippen molar-refractivity contribution in [3.8, 4) is 11.5 Å². The topological polar surface area (TPSA) is 146 Å². The van der Waals surface area contributed by atoms with Gasteiger partial charge in [0.25, 0.3) is 0 Å². The zero-order valence-electron chi connectivity index (χ0n) is 28.0. The molecule has 0 saturated heterocycles. The number of nitrogens with zero attached hydrogens (tertiary/aromatic N) is 2. The Kier molecular flexibility index (Phi) is 12.4. The quantitative estimate of drug-likeness (QED) is 0.182. The van der Waals surface area contributed by atoms with E-state index < -0.39 is 40.1 Å². The Morgan fingerprint density at radius 2 is 1.20 bits per heavy atom. The molecule has 2 atom stereocenters. The van der Waals surface area contributed by atoms with Crippen molar-refractivity contribution in [3.63, 3.8) is 0 Å². The molecule has 4 amide bonds. The van der Waals surface area contributed by atoms with E-state index >= 15 is 0 Å². The molecule has 4 aromatic carbocycles. The van der Waals surface area contributed by atoms with E-state index in [2.05, 4.69) is 10.0 Å². The second-order valence-corrected chi connectivity index (χ2v) is 12.8. The van der Waals surface area contributed by atoms with Crippen molar-refractivity contribution in [3.05, 3.63) is 120 Å². The zero-order valence-corrected chi connectivity index (χ0v) is 28.9. The van der Waals surface area contributed by atoms with E-state index in [9.17, 15) is 22.8 Å². The molecular weight excluding hydrogens is 646 g/mol. The summed E-state index contributed by atoms with van der Waals surface area (Å²) in [5, 5.41) is 2.52. The van der Waals surface area contributed by atoms with Crippen LogP contribution in [0, 0.1) is 6.92 Å². The van der Waals surface area contributed by atoms with Crippen molar-refractivity contribution >= 4 is 39.4 Å². The summed E-state index contributed by atoms with van der Waals surface area (Å²) in [6, 6.07) is 26.3. The molecule has 0 radical (unpaired) electrons. The Morgan fingerprint density at radius 1 is 0.694 bits per heavy atom. The first-order valence-corrected chi connectivity index (χ1v) is 16.9. The van der Waals surface area contributed by atoms with Crippen molar-refractivity contribution in [1.29, 1.82) is 0 Å². The first-order chi connectivity index (χ1) is 23.4. The number of carbonyl (C=O) groups is 3. The molecule has 4 rings (SSSR count). The highest BCUT2D eigenvalue weighted by atomic mass is 32.2. The molecule has 0 aliphatic heterocycles. The lowest BCUT2D eigenvalue weighted by Gasteiger charge is -2.27. The Morgan fingerprint density at radius 3 is 1.73 bits per heavy atom. The van der Waals surface area contributed by atoms with Crippen molar-refractivity contribution < 1.29 is 32.3 Å². The molecule has 0 saturated carbocycles. The highest BCUT2D eigenvalue weighted by Gasteiger charge is 2.31. The third kappa shape index (κ3) is 10.0. The maximum atomic E-state index is 13.8. The number of urea groups is 1. The second-order valence-electron chi connectivity index (χ2n) is 11.3. The van der Waals surface area contributed by atoms with E-state index in [1.165, 1.54) is 24.0 Å². The molecule has 13 heteroatoms. The predicted octanol–water partition coefficient (Wildman–Crippen LogP) is 3.99. The van der Waals surface area contributed by atoms with Crippen molar-refractivity contribution in [2.75, 3.05) is 38.1 Å². The van der Waals surface area contributed by atoms with Crippen LogP contribution in [0.1, 0.15) is 16.7 Å².